The molecule has 1 heterocycles. The van der Waals surface area contributed by atoms with Gasteiger partial charge in [-0.05, 0) is 48.8 Å². The molecule has 0 bridgehead atoms. The third kappa shape index (κ3) is 4.30. The molecule has 0 aliphatic heterocycles. The zero-order valence-electron chi connectivity index (χ0n) is 15.9. The van der Waals surface area contributed by atoms with Crippen LogP contribution in [0.15, 0.2) is 42.7 Å². The summed E-state index contributed by atoms with van der Waals surface area (Å²) in [6.07, 6.45) is 6.54. The number of fused-ring (bicyclic) bond motifs is 1. The summed E-state index contributed by atoms with van der Waals surface area (Å²) >= 11 is 0. The maximum atomic E-state index is 14.0. The van der Waals surface area contributed by atoms with Crippen LogP contribution in [0.1, 0.15) is 45.1 Å². The Labute approximate surface area is 159 Å². The van der Waals surface area contributed by atoms with Crippen molar-refractivity contribution in [3.63, 3.8) is 0 Å². The average Bonchev–Trinajstić information content (AvgIpc) is 3.11. The van der Waals surface area contributed by atoms with Crippen LogP contribution in [0.2, 0.25) is 0 Å². The van der Waals surface area contributed by atoms with Crippen LogP contribution in [-0.4, -0.2) is 16.0 Å². The van der Waals surface area contributed by atoms with E-state index in [0.29, 0.717) is 34.0 Å². The predicted octanol–water partition coefficient (Wildman–Crippen LogP) is 5.55. The molecule has 0 unspecified atom stereocenters. The van der Waals surface area contributed by atoms with Gasteiger partial charge in [0.2, 0.25) is 0 Å². The highest BCUT2D eigenvalue weighted by Crippen LogP contribution is 2.35. The highest BCUT2D eigenvalue weighted by atomic mass is 19.1. The molecule has 1 aliphatic carbocycles. The van der Waals surface area contributed by atoms with E-state index in [1.54, 1.807) is 6.07 Å². The standard InChI is InChI=1S/C22H26FN3O/c1-22(2)9-7-16(8-10-22)24-13-15-3-5-17(6-4-15)27-18-11-19(23)21-20(12-18)25-14-26-21/h3-6,11-12,14,16,24H,7-10,13H2,1-2H3,(H,25,26). The van der Waals surface area contributed by atoms with E-state index in [0.717, 1.165) is 6.54 Å². The number of nitrogens with one attached hydrogen (secondary N) is 2. The first kappa shape index (κ1) is 18.0. The smallest absolute Gasteiger partial charge is 0.152 e. The maximum absolute atomic E-state index is 14.0. The summed E-state index contributed by atoms with van der Waals surface area (Å²) in [6.45, 7) is 5.58. The Bertz CT molecular complexity index is 907. The Balaban J connectivity index is 1.34. The Morgan fingerprint density at radius 3 is 2.63 bits per heavy atom. The van der Waals surface area contributed by atoms with E-state index in [1.165, 1.54) is 43.6 Å². The molecule has 2 aromatic carbocycles. The molecule has 2 N–H and O–H groups in total. The van der Waals surface area contributed by atoms with Crippen LogP contribution in [0.4, 0.5) is 4.39 Å². The molecule has 142 valence electrons. The number of aromatic nitrogens is 2. The number of aromatic amines is 1. The van der Waals surface area contributed by atoms with Gasteiger partial charge < -0.3 is 15.0 Å². The molecule has 4 nitrogen and oxygen atoms in total. The van der Waals surface area contributed by atoms with Crippen molar-refractivity contribution in [1.29, 1.82) is 0 Å². The normalized spacial score (nSPS) is 17.3. The van der Waals surface area contributed by atoms with E-state index in [9.17, 15) is 4.39 Å². The maximum Gasteiger partial charge on any atom is 0.152 e. The lowest BCUT2D eigenvalue weighted by Gasteiger charge is -2.34. The number of nitrogens with zero attached hydrogens (tertiary/aromatic N) is 1. The zero-order valence-corrected chi connectivity index (χ0v) is 15.9. The van der Waals surface area contributed by atoms with E-state index >= 15 is 0 Å². The van der Waals surface area contributed by atoms with Gasteiger partial charge in [0.05, 0.1) is 11.8 Å². The van der Waals surface area contributed by atoms with Crippen LogP contribution in [-0.2, 0) is 6.54 Å². The molecule has 5 heteroatoms. The van der Waals surface area contributed by atoms with Gasteiger partial charge in [0.25, 0.3) is 0 Å². The summed E-state index contributed by atoms with van der Waals surface area (Å²) in [5.41, 5.74) is 2.67. The number of rotatable bonds is 5. The fraction of sp³-hybridized carbons (Fsp3) is 0.409. The Kier molecular flexibility index (Phi) is 4.87. The van der Waals surface area contributed by atoms with Crippen molar-refractivity contribution in [3.8, 4) is 11.5 Å². The molecular weight excluding hydrogens is 341 g/mol. The third-order valence-electron chi connectivity index (χ3n) is 5.55. The SMILES string of the molecule is CC1(C)CCC(NCc2ccc(Oc3cc(F)c4[nH]cnc4c3)cc2)CC1. The minimum Gasteiger partial charge on any atom is -0.457 e. The van der Waals surface area contributed by atoms with Crippen molar-refractivity contribution in [2.45, 2.75) is 52.1 Å². The Morgan fingerprint density at radius 2 is 1.89 bits per heavy atom. The van der Waals surface area contributed by atoms with E-state index < -0.39 is 0 Å². The molecular formula is C22H26FN3O. The average molecular weight is 367 g/mol. The molecule has 0 spiro atoms. The van der Waals surface area contributed by atoms with Gasteiger partial charge in [-0.3, -0.25) is 0 Å². The second-order valence-electron chi connectivity index (χ2n) is 8.27. The first-order chi connectivity index (χ1) is 13.0. The van der Waals surface area contributed by atoms with Crippen LogP contribution in [0.3, 0.4) is 0 Å². The molecule has 1 aliphatic rings. The van der Waals surface area contributed by atoms with E-state index in [2.05, 4.69) is 41.3 Å². The minimum atomic E-state index is -0.364. The largest absolute Gasteiger partial charge is 0.457 e. The van der Waals surface area contributed by atoms with Gasteiger partial charge in [0.1, 0.15) is 17.0 Å². The molecule has 27 heavy (non-hydrogen) atoms. The Morgan fingerprint density at radius 1 is 1.15 bits per heavy atom. The fourth-order valence-corrected chi connectivity index (χ4v) is 3.72. The highest BCUT2D eigenvalue weighted by Gasteiger charge is 2.26. The third-order valence-corrected chi connectivity index (χ3v) is 5.55. The highest BCUT2D eigenvalue weighted by molar-refractivity contribution is 5.77. The second-order valence-corrected chi connectivity index (χ2v) is 8.27. The second kappa shape index (κ2) is 7.31. The van der Waals surface area contributed by atoms with Crippen LogP contribution < -0.4 is 10.1 Å². The predicted molar refractivity (Wildman–Crippen MR) is 105 cm³/mol. The summed E-state index contributed by atoms with van der Waals surface area (Å²) in [6, 6.07) is 11.7. The molecule has 0 saturated heterocycles. The molecule has 1 aromatic heterocycles. The number of hydrogen-bond donors (Lipinski definition) is 2. The molecule has 0 radical (unpaired) electrons. The van der Waals surface area contributed by atoms with Gasteiger partial charge >= 0.3 is 0 Å². The summed E-state index contributed by atoms with van der Waals surface area (Å²) in [5.74, 6) is 0.770. The lowest BCUT2D eigenvalue weighted by atomic mass is 9.75. The lowest BCUT2D eigenvalue weighted by molar-refractivity contribution is 0.206. The number of hydrogen-bond acceptors (Lipinski definition) is 3. The summed E-state index contributed by atoms with van der Waals surface area (Å²) in [5, 5.41) is 3.67. The molecule has 1 saturated carbocycles. The first-order valence-corrected chi connectivity index (χ1v) is 9.61. The van der Waals surface area contributed by atoms with Crippen LogP contribution in [0.5, 0.6) is 11.5 Å². The van der Waals surface area contributed by atoms with Crippen LogP contribution in [0, 0.1) is 11.2 Å². The van der Waals surface area contributed by atoms with E-state index in [-0.39, 0.29) is 5.82 Å². The van der Waals surface area contributed by atoms with Gasteiger partial charge in [-0.1, -0.05) is 26.0 Å². The number of halogens is 1. The van der Waals surface area contributed by atoms with Gasteiger partial charge in [-0.2, -0.15) is 0 Å². The van der Waals surface area contributed by atoms with Gasteiger partial charge in [-0.15, -0.1) is 0 Å². The number of H-pyrrole nitrogens is 1. The topological polar surface area (TPSA) is 49.9 Å². The summed E-state index contributed by atoms with van der Waals surface area (Å²) < 4.78 is 19.8. The van der Waals surface area contributed by atoms with Gasteiger partial charge in [0.15, 0.2) is 5.82 Å². The van der Waals surface area contributed by atoms with Gasteiger partial charge in [-0.25, -0.2) is 9.37 Å². The first-order valence-electron chi connectivity index (χ1n) is 9.61. The number of imidazole rings is 1. The minimum absolute atomic E-state index is 0.364. The number of ether oxygens (including phenoxy) is 1. The summed E-state index contributed by atoms with van der Waals surface area (Å²) in [4.78, 5) is 6.87. The zero-order chi connectivity index (χ0) is 18.9. The van der Waals surface area contributed by atoms with Crippen molar-refractivity contribution < 1.29 is 9.13 Å². The van der Waals surface area contributed by atoms with Crippen molar-refractivity contribution in [2.24, 2.45) is 5.41 Å². The van der Waals surface area contributed by atoms with E-state index in [4.69, 9.17) is 4.74 Å². The Hall–Kier alpha value is -2.40. The van der Waals surface area contributed by atoms with Crippen molar-refractivity contribution in [2.75, 3.05) is 0 Å². The number of benzene rings is 2. The monoisotopic (exact) mass is 367 g/mol. The molecule has 0 amide bonds. The van der Waals surface area contributed by atoms with Crippen LogP contribution >= 0.6 is 0 Å². The molecule has 3 aromatic rings. The van der Waals surface area contributed by atoms with Crippen molar-refractivity contribution in [1.82, 2.24) is 15.3 Å². The quantitative estimate of drug-likeness (QED) is 0.621. The van der Waals surface area contributed by atoms with Gasteiger partial charge in [0, 0.05) is 24.7 Å². The molecule has 4 rings (SSSR count). The lowest BCUT2D eigenvalue weighted by Crippen LogP contribution is -2.35. The van der Waals surface area contributed by atoms with Crippen molar-refractivity contribution in [3.05, 3.63) is 54.1 Å². The van der Waals surface area contributed by atoms with Crippen molar-refractivity contribution >= 4 is 11.0 Å². The van der Waals surface area contributed by atoms with E-state index in [1.807, 2.05) is 12.1 Å². The summed E-state index contributed by atoms with van der Waals surface area (Å²) in [7, 11) is 0. The molecule has 0 atom stereocenters. The van der Waals surface area contributed by atoms with Crippen LogP contribution in [0.25, 0.3) is 11.0 Å². The fourth-order valence-electron chi connectivity index (χ4n) is 3.72. The molecule has 1 fully saturated rings.